The Morgan fingerprint density at radius 1 is 1.07 bits per heavy atom. The molecule has 1 aliphatic rings. The van der Waals surface area contributed by atoms with Gasteiger partial charge in [0.15, 0.2) is 0 Å². The molecule has 1 fully saturated rings. The van der Waals surface area contributed by atoms with Gasteiger partial charge in [-0.05, 0) is 86.4 Å². The average molecular weight is 560 g/mol. The van der Waals surface area contributed by atoms with Gasteiger partial charge >= 0.3 is 0 Å². The molecule has 6 nitrogen and oxygen atoms in total. The van der Waals surface area contributed by atoms with E-state index >= 15 is 0 Å². The van der Waals surface area contributed by atoms with E-state index in [2.05, 4.69) is 41.5 Å². The maximum atomic E-state index is 14.0. The fraction of sp³-hybridized carbons (Fsp3) is 0.594. The number of nitrogens with one attached hydrogen (secondary N) is 2. The van der Waals surface area contributed by atoms with Gasteiger partial charge in [-0.1, -0.05) is 44.5 Å². The third-order valence-electron chi connectivity index (χ3n) is 7.94. The van der Waals surface area contributed by atoms with Crippen LogP contribution in [-0.2, 0) is 28.9 Å². The van der Waals surface area contributed by atoms with Crippen LogP contribution in [0.2, 0.25) is 0 Å². The van der Waals surface area contributed by atoms with E-state index < -0.39 is 23.8 Å². The zero-order valence-corrected chi connectivity index (χ0v) is 24.3. The van der Waals surface area contributed by atoms with Crippen molar-refractivity contribution in [2.45, 2.75) is 83.5 Å². The number of aliphatic hydroxyl groups excluding tert-OH is 1. The number of nitrogens with zero attached hydrogens (tertiary/aromatic N) is 1. The van der Waals surface area contributed by atoms with Crippen LogP contribution in [0, 0.1) is 17.6 Å². The van der Waals surface area contributed by atoms with Crippen molar-refractivity contribution in [2.24, 2.45) is 5.92 Å². The van der Waals surface area contributed by atoms with E-state index in [4.69, 9.17) is 4.74 Å². The fourth-order valence-corrected chi connectivity index (χ4v) is 5.60. The van der Waals surface area contributed by atoms with E-state index in [1.54, 1.807) is 7.11 Å². The van der Waals surface area contributed by atoms with Gasteiger partial charge in [0.05, 0.1) is 18.2 Å². The lowest BCUT2D eigenvalue weighted by molar-refractivity contribution is -0.129. The van der Waals surface area contributed by atoms with Crippen LogP contribution in [0.5, 0.6) is 0 Å². The number of halogens is 2. The monoisotopic (exact) mass is 559 g/mol. The number of likely N-dealkylation sites (tertiary alicyclic amines) is 1. The number of benzene rings is 2. The summed E-state index contributed by atoms with van der Waals surface area (Å²) in [4.78, 5) is 15.9. The number of aryl methyl sites for hydroxylation is 1. The van der Waals surface area contributed by atoms with Crippen LogP contribution in [0.1, 0.15) is 62.6 Å². The predicted octanol–water partition coefficient (Wildman–Crippen LogP) is 4.62. The lowest BCUT2D eigenvalue weighted by Crippen LogP contribution is -2.55. The third kappa shape index (κ3) is 10.2. The number of methoxy groups -OCH3 is 1. The largest absolute Gasteiger partial charge is 0.390 e. The van der Waals surface area contributed by atoms with E-state index in [0.717, 1.165) is 63.4 Å². The molecule has 222 valence electrons. The molecule has 1 amide bonds. The smallest absolute Gasteiger partial charge is 0.237 e. The highest BCUT2D eigenvalue weighted by Gasteiger charge is 2.32. The van der Waals surface area contributed by atoms with Crippen LogP contribution < -0.4 is 10.6 Å². The molecule has 8 heteroatoms. The number of amides is 1. The number of piperidine rings is 1. The Bertz CT molecular complexity index is 1030. The standard InChI is InChI=1S/C32H47F2N3O3/c1-4-7-30(37-13-10-24(11-14-37)12-15-40-3)32(39)36-29(19-26-17-27(33)20-28(34)18-26)31(38)22-35-21-25-9-6-8-23(5-2)16-25/h6,8-9,16-18,20,24,29-31,35,38H,4-5,7,10-15,19,21-22H2,1-3H3,(H,36,39)/t29-,30-,31-/m0/s1. The lowest BCUT2D eigenvalue weighted by atomic mass is 9.92. The molecule has 3 rings (SSSR count). The van der Waals surface area contributed by atoms with Crippen molar-refractivity contribution in [2.75, 3.05) is 33.4 Å². The number of hydrogen-bond acceptors (Lipinski definition) is 5. The van der Waals surface area contributed by atoms with Crippen molar-refractivity contribution in [1.29, 1.82) is 0 Å². The van der Waals surface area contributed by atoms with E-state index in [1.807, 2.05) is 12.1 Å². The highest BCUT2D eigenvalue weighted by molar-refractivity contribution is 5.82. The number of hydrogen-bond donors (Lipinski definition) is 3. The fourth-order valence-electron chi connectivity index (χ4n) is 5.60. The molecule has 0 spiro atoms. The van der Waals surface area contributed by atoms with Gasteiger partial charge in [0.25, 0.3) is 0 Å². The van der Waals surface area contributed by atoms with Crippen LogP contribution in [0.3, 0.4) is 0 Å². The molecule has 2 aromatic carbocycles. The van der Waals surface area contributed by atoms with Crippen LogP contribution in [0.4, 0.5) is 8.78 Å². The molecule has 0 aromatic heterocycles. The van der Waals surface area contributed by atoms with Crippen molar-refractivity contribution in [3.05, 3.63) is 70.8 Å². The second-order valence-corrected chi connectivity index (χ2v) is 11.0. The molecule has 0 bridgehead atoms. The molecule has 1 saturated heterocycles. The Morgan fingerprint density at radius 2 is 1.77 bits per heavy atom. The minimum Gasteiger partial charge on any atom is -0.390 e. The van der Waals surface area contributed by atoms with Gasteiger partial charge in [-0.3, -0.25) is 9.69 Å². The van der Waals surface area contributed by atoms with Crippen molar-refractivity contribution in [1.82, 2.24) is 15.5 Å². The molecular formula is C32H47F2N3O3. The van der Waals surface area contributed by atoms with Gasteiger partial charge < -0.3 is 20.5 Å². The van der Waals surface area contributed by atoms with Crippen LogP contribution in [0.15, 0.2) is 42.5 Å². The first-order valence-corrected chi connectivity index (χ1v) is 14.8. The van der Waals surface area contributed by atoms with Gasteiger partial charge in [0.2, 0.25) is 5.91 Å². The summed E-state index contributed by atoms with van der Waals surface area (Å²) in [5.41, 5.74) is 2.74. The SMILES string of the molecule is CCC[C@@H](C(=O)N[C@@H](Cc1cc(F)cc(F)c1)[C@@H](O)CNCc1cccc(CC)c1)N1CCC(CCOC)CC1. The summed E-state index contributed by atoms with van der Waals surface area (Å²) in [7, 11) is 1.72. The Morgan fingerprint density at radius 3 is 2.42 bits per heavy atom. The summed E-state index contributed by atoms with van der Waals surface area (Å²) in [6.07, 6.45) is 4.74. The molecule has 0 unspecified atom stereocenters. The maximum absolute atomic E-state index is 14.0. The second-order valence-electron chi connectivity index (χ2n) is 11.0. The summed E-state index contributed by atoms with van der Waals surface area (Å²) >= 11 is 0. The molecule has 0 radical (unpaired) electrons. The molecule has 1 aliphatic heterocycles. The minimum atomic E-state index is -0.952. The van der Waals surface area contributed by atoms with E-state index in [1.165, 1.54) is 17.7 Å². The Balaban J connectivity index is 1.68. The van der Waals surface area contributed by atoms with Crippen molar-refractivity contribution in [3.63, 3.8) is 0 Å². The Kier molecular flexibility index (Phi) is 13.5. The van der Waals surface area contributed by atoms with E-state index in [-0.39, 0.29) is 24.9 Å². The van der Waals surface area contributed by atoms with Crippen LogP contribution >= 0.6 is 0 Å². The summed E-state index contributed by atoms with van der Waals surface area (Å²) in [6.45, 7) is 7.39. The predicted molar refractivity (Wildman–Crippen MR) is 155 cm³/mol. The summed E-state index contributed by atoms with van der Waals surface area (Å²) in [5, 5.41) is 17.5. The molecule has 2 aromatic rings. The van der Waals surface area contributed by atoms with E-state index in [0.29, 0.717) is 24.4 Å². The topological polar surface area (TPSA) is 73.8 Å². The summed E-state index contributed by atoms with van der Waals surface area (Å²) < 4.78 is 33.2. The summed E-state index contributed by atoms with van der Waals surface area (Å²) in [6, 6.07) is 10.6. The normalized spacial score (nSPS) is 16.9. The zero-order valence-electron chi connectivity index (χ0n) is 24.3. The molecule has 1 heterocycles. The number of rotatable bonds is 16. The first-order valence-electron chi connectivity index (χ1n) is 14.8. The van der Waals surface area contributed by atoms with Crippen molar-refractivity contribution >= 4 is 5.91 Å². The number of aliphatic hydroxyl groups is 1. The van der Waals surface area contributed by atoms with Gasteiger partial charge in [0, 0.05) is 32.9 Å². The summed E-state index contributed by atoms with van der Waals surface area (Å²) in [5.74, 6) is -0.899. The quantitative estimate of drug-likeness (QED) is 0.280. The van der Waals surface area contributed by atoms with Gasteiger partial charge in [-0.15, -0.1) is 0 Å². The highest BCUT2D eigenvalue weighted by atomic mass is 19.1. The number of carbonyl (C=O) groups is 1. The van der Waals surface area contributed by atoms with E-state index in [9.17, 15) is 18.7 Å². The Labute approximate surface area is 238 Å². The van der Waals surface area contributed by atoms with Crippen LogP contribution in [0.25, 0.3) is 0 Å². The average Bonchev–Trinajstić information content (AvgIpc) is 2.94. The van der Waals surface area contributed by atoms with Gasteiger partial charge in [-0.2, -0.15) is 0 Å². The third-order valence-corrected chi connectivity index (χ3v) is 7.94. The van der Waals surface area contributed by atoms with Crippen molar-refractivity contribution in [3.8, 4) is 0 Å². The molecular weight excluding hydrogens is 512 g/mol. The molecule has 3 N–H and O–H groups in total. The first-order chi connectivity index (χ1) is 19.3. The molecule has 40 heavy (non-hydrogen) atoms. The molecule has 0 saturated carbocycles. The van der Waals surface area contributed by atoms with Crippen LogP contribution in [-0.4, -0.2) is 67.5 Å². The molecule has 0 aliphatic carbocycles. The number of carbonyl (C=O) groups excluding carboxylic acids is 1. The van der Waals surface area contributed by atoms with Gasteiger partial charge in [0.1, 0.15) is 11.6 Å². The molecule has 3 atom stereocenters. The lowest BCUT2D eigenvalue weighted by Gasteiger charge is -2.38. The van der Waals surface area contributed by atoms with Gasteiger partial charge in [-0.25, -0.2) is 8.78 Å². The second kappa shape index (κ2) is 16.8. The zero-order chi connectivity index (χ0) is 28.9. The number of ether oxygens (including phenoxy) is 1. The minimum absolute atomic E-state index is 0.118. The van der Waals surface area contributed by atoms with Crippen molar-refractivity contribution < 1.29 is 23.4 Å². The Hall–Kier alpha value is -2.39. The highest BCUT2D eigenvalue weighted by Crippen LogP contribution is 2.24. The maximum Gasteiger partial charge on any atom is 0.237 e. The first kappa shape index (κ1) is 32.1.